The standard InChI is InChI=1S/C23H28N4O3S2/c1-25(2)15-6-16-27(23-24-20-7-4-5-8-21(20)31-23)22(28)17-9-13-19(14-10-17)32(29,30)26(3)18-11-12-18/h4-5,7-10,13-14,18H,6,11-12,15-16H2,1-3H3. The molecule has 7 nitrogen and oxygen atoms in total. The lowest BCUT2D eigenvalue weighted by atomic mass is 10.2. The maximum absolute atomic E-state index is 13.4. The Balaban J connectivity index is 1.59. The van der Waals surface area contributed by atoms with Gasteiger partial charge in [0.25, 0.3) is 5.91 Å². The van der Waals surface area contributed by atoms with Gasteiger partial charge in [-0.2, -0.15) is 4.31 Å². The van der Waals surface area contributed by atoms with Gasteiger partial charge in [0.1, 0.15) is 0 Å². The van der Waals surface area contributed by atoms with Crippen LogP contribution in [0.2, 0.25) is 0 Å². The van der Waals surface area contributed by atoms with E-state index in [1.807, 2.05) is 38.4 Å². The summed E-state index contributed by atoms with van der Waals surface area (Å²) < 4.78 is 28.0. The Morgan fingerprint density at radius 2 is 1.72 bits per heavy atom. The second kappa shape index (κ2) is 9.27. The summed E-state index contributed by atoms with van der Waals surface area (Å²) in [5, 5.41) is 0.653. The molecule has 9 heteroatoms. The number of carbonyl (C=O) groups is 1. The van der Waals surface area contributed by atoms with Crippen molar-refractivity contribution in [1.82, 2.24) is 14.2 Å². The minimum Gasteiger partial charge on any atom is -0.309 e. The smallest absolute Gasteiger partial charge is 0.260 e. The van der Waals surface area contributed by atoms with E-state index in [1.54, 1.807) is 24.1 Å². The number of nitrogens with zero attached hydrogens (tertiary/aromatic N) is 4. The van der Waals surface area contributed by atoms with E-state index in [0.717, 1.165) is 36.0 Å². The molecule has 0 N–H and O–H groups in total. The molecule has 32 heavy (non-hydrogen) atoms. The zero-order chi connectivity index (χ0) is 22.9. The van der Waals surface area contributed by atoms with Gasteiger partial charge in [-0.05, 0) is 76.3 Å². The average molecular weight is 473 g/mol. The SMILES string of the molecule is CN(C)CCCN(C(=O)c1ccc(S(=O)(=O)N(C)C2CC2)cc1)c1nc2ccccc2s1. The summed E-state index contributed by atoms with van der Waals surface area (Å²) in [6, 6.07) is 14.2. The highest BCUT2D eigenvalue weighted by Crippen LogP contribution is 2.32. The number of hydrogen-bond acceptors (Lipinski definition) is 6. The lowest BCUT2D eigenvalue weighted by Crippen LogP contribution is -2.33. The number of aromatic nitrogens is 1. The van der Waals surface area contributed by atoms with Gasteiger partial charge in [0, 0.05) is 25.2 Å². The predicted octanol–water partition coefficient (Wildman–Crippen LogP) is 3.68. The fourth-order valence-electron chi connectivity index (χ4n) is 3.53. The predicted molar refractivity (Wildman–Crippen MR) is 129 cm³/mol. The maximum Gasteiger partial charge on any atom is 0.260 e. The first-order valence-corrected chi connectivity index (χ1v) is 12.9. The van der Waals surface area contributed by atoms with Crippen molar-refractivity contribution in [1.29, 1.82) is 0 Å². The molecule has 0 aliphatic heterocycles. The number of rotatable bonds is 9. The van der Waals surface area contributed by atoms with Crippen LogP contribution < -0.4 is 4.90 Å². The highest BCUT2D eigenvalue weighted by molar-refractivity contribution is 7.89. The van der Waals surface area contributed by atoms with E-state index in [9.17, 15) is 13.2 Å². The molecule has 0 radical (unpaired) electrons. The van der Waals surface area contributed by atoms with Crippen LogP contribution in [-0.2, 0) is 10.0 Å². The van der Waals surface area contributed by atoms with E-state index < -0.39 is 10.0 Å². The molecular formula is C23H28N4O3S2. The van der Waals surface area contributed by atoms with Crippen LogP contribution in [-0.4, -0.2) is 68.8 Å². The number of hydrogen-bond donors (Lipinski definition) is 0. The van der Waals surface area contributed by atoms with Crippen LogP contribution in [0.5, 0.6) is 0 Å². The van der Waals surface area contributed by atoms with Gasteiger partial charge >= 0.3 is 0 Å². The van der Waals surface area contributed by atoms with Crippen molar-refractivity contribution in [3.05, 3.63) is 54.1 Å². The van der Waals surface area contributed by atoms with Crippen molar-refractivity contribution in [2.75, 3.05) is 39.1 Å². The first-order chi connectivity index (χ1) is 15.3. The number of amides is 1. The van der Waals surface area contributed by atoms with Gasteiger partial charge < -0.3 is 4.90 Å². The third-order valence-electron chi connectivity index (χ3n) is 5.59. The van der Waals surface area contributed by atoms with Gasteiger partial charge in [-0.1, -0.05) is 23.5 Å². The molecule has 170 valence electrons. The van der Waals surface area contributed by atoms with Crippen molar-refractivity contribution in [2.24, 2.45) is 0 Å². The highest BCUT2D eigenvalue weighted by Gasteiger charge is 2.35. The number of carbonyl (C=O) groups excluding carboxylic acids is 1. The summed E-state index contributed by atoms with van der Waals surface area (Å²) in [6.07, 6.45) is 2.60. The second-order valence-electron chi connectivity index (χ2n) is 8.35. The third-order valence-corrected chi connectivity index (χ3v) is 8.57. The zero-order valence-corrected chi connectivity index (χ0v) is 20.2. The second-order valence-corrected chi connectivity index (χ2v) is 11.4. The van der Waals surface area contributed by atoms with Crippen molar-refractivity contribution in [3.8, 4) is 0 Å². The van der Waals surface area contributed by atoms with E-state index in [0.29, 0.717) is 17.2 Å². The van der Waals surface area contributed by atoms with Crippen molar-refractivity contribution in [2.45, 2.75) is 30.2 Å². The van der Waals surface area contributed by atoms with Crippen molar-refractivity contribution < 1.29 is 13.2 Å². The van der Waals surface area contributed by atoms with Gasteiger partial charge in [-0.25, -0.2) is 13.4 Å². The number of fused-ring (bicyclic) bond motifs is 1. The Bertz CT molecular complexity index is 1170. The van der Waals surface area contributed by atoms with E-state index >= 15 is 0 Å². The molecule has 0 spiro atoms. The fourth-order valence-corrected chi connectivity index (χ4v) is 5.94. The Kier molecular flexibility index (Phi) is 6.62. The molecule has 1 heterocycles. The molecule has 1 amide bonds. The number of sulfonamides is 1. The van der Waals surface area contributed by atoms with Crippen molar-refractivity contribution >= 4 is 42.6 Å². The number of para-hydroxylation sites is 1. The summed E-state index contributed by atoms with van der Waals surface area (Å²) in [7, 11) is 2.08. The van der Waals surface area contributed by atoms with Gasteiger partial charge in [0.2, 0.25) is 10.0 Å². The fraction of sp³-hybridized carbons (Fsp3) is 0.391. The van der Waals surface area contributed by atoms with Crippen LogP contribution in [0, 0.1) is 0 Å². The molecule has 0 unspecified atom stereocenters. The van der Waals surface area contributed by atoms with Gasteiger partial charge in [-0.3, -0.25) is 9.69 Å². The topological polar surface area (TPSA) is 73.8 Å². The molecular weight excluding hydrogens is 444 g/mol. The molecule has 1 aliphatic carbocycles. The van der Waals surface area contributed by atoms with Gasteiger partial charge in [-0.15, -0.1) is 0 Å². The maximum atomic E-state index is 13.4. The first-order valence-electron chi connectivity index (χ1n) is 10.7. The molecule has 0 atom stereocenters. The number of anilines is 1. The molecule has 0 bridgehead atoms. The van der Waals surface area contributed by atoms with Gasteiger partial charge in [0.15, 0.2) is 5.13 Å². The molecule has 1 aromatic heterocycles. The molecule has 1 aliphatic rings. The quantitative estimate of drug-likeness (QED) is 0.475. The third kappa shape index (κ3) is 4.85. The van der Waals surface area contributed by atoms with Crippen LogP contribution in [0.1, 0.15) is 29.6 Å². The molecule has 4 rings (SSSR count). The molecule has 1 fully saturated rings. The van der Waals surface area contributed by atoms with E-state index in [1.165, 1.54) is 27.8 Å². The Morgan fingerprint density at radius 3 is 2.34 bits per heavy atom. The van der Waals surface area contributed by atoms with Crippen LogP contribution in [0.4, 0.5) is 5.13 Å². The largest absolute Gasteiger partial charge is 0.309 e. The summed E-state index contributed by atoms with van der Waals surface area (Å²) in [5.41, 5.74) is 1.31. The number of thiazole rings is 1. The minimum absolute atomic E-state index is 0.0903. The number of benzene rings is 2. The first kappa shape index (κ1) is 22.8. The molecule has 1 saturated carbocycles. The van der Waals surface area contributed by atoms with E-state index in [4.69, 9.17) is 0 Å². The van der Waals surface area contributed by atoms with Crippen LogP contribution >= 0.6 is 11.3 Å². The van der Waals surface area contributed by atoms with E-state index in [2.05, 4.69) is 9.88 Å². The molecule has 3 aromatic rings. The van der Waals surface area contributed by atoms with Crippen LogP contribution in [0.15, 0.2) is 53.4 Å². The summed E-state index contributed by atoms with van der Waals surface area (Å²) in [6.45, 7) is 1.38. The lowest BCUT2D eigenvalue weighted by molar-refractivity contribution is 0.0986. The molecule has 0 saturated heterocycles. The summed E-state index contributed by atoms with van der Waals surface area (Å²) in [4.78, 5) is 22.1. The highest BCUT2D eigenvalue weighted by atomic mass is 32.2. The summed E-state index contributed by atoms with van der Waals surface area (Å²) >= 11 is 1.49. The van der Waals surface area contributed by atoms with E-state index in [-0.39, 0.29) is 16.8 Å². The Hall–Kier alpha value is -2.33. The Labute approximate surface area is 193 Å². The van der Waals surface area contributed by atoms with Crippen LogP contribution in [0.25, 0.3) is 10.2 Å². The average Bonchev–Trinajstić information content (AvgIpc) is 3.54. The van der Waals surface area contributed by atoms with Crippen molar-refractivity contribution in [3.63, 3.8) is 0 Å². The minimum atomic E-state index is -3.54. The molecule has 2 aromatic carbocycles. The van der Waals surface area contributed by atoms with Crippen LogP contribution in [0.3, 0.4) is 0 Å². The summed E-state index contributed by atoms with van der Waals surface area (Å²) in [5.74, 6) is -0.178. The van der Waals surface area contributed by atoms with Gasteiger partial charge in [0.05, 0.1) is 15.1 Å². The normalized spacial score (nSPS) is 14.4. The Morgan fingerprint density at radius 1 is 1.03 bits per heavy atom. The zero-order valence-electron chi connectivity index (χ0n) is 18.6. The lowest BCUT2D eigenvalue weighted by Gasteiger charge is -2.21. The monoisotopic (exact) mass is 472 g/mol.